The number of methoxy groups -OCH3 is 1. The van der Waals surface area contributed by atoms with E-state index in [1.807, 2.05) is 13.8 Å². The molecule has 0 aliphatic carbocycles. The van der Waals surface area contributed by atoms with E-state index in [1.165, 1.54) is 12.1 Å². The summed E-state index contributed by atoms with van der Waals surface area (Å²) in [5, 5.41) is 3.28. The maximum atomic E-state index is 12.9. The van der Waals surface area contributed by atoms with Crippen LogP contribution in [-0.2, 0) is 4.74 Å². The van der Waals surface area contributed by atoms with Crippen molar-refractivity contribution in [3.05, 3.63) is 27.6 Å². The first-order valence-corrected chi connectivity index (χ1v) is 6.26. The molecule has 0 spiro atoms. The largest absolute Gasteiger partial charge is 0.384 e. The molecule has 1 rings (SSSR count). The third kappa shape index (κ3) is 4.25. The first-order valence-electron chi connectivity index (χ1n) is 5.19. The lowest BCUT2D eigenvalue weighted by molar-refractivity contribution is 0.0185. The van der Waals surface area contributed by atoms with Crippen LogP contribution in [-0.4, -0.2) is 19.3 Å². The van der Waals surface area contributed by atoms with E-state index in [4.69, 9.17) is 4.74 Å². The summed E-state index contributed by atoms with van der Waals surface area (Å²) in [6, 6.07) is 4.74. The Labute approximate surface area is 110 Å². The van der Waals surface area contributed by atoms with Gasteiger partial charge >= 0.3 is 0 Å². The van der Waals surface area contributed by atoms with Crippen molar-refractivity contribution in [2.45, 2.75) is 25.9 Å². The Morgan fingerprint density at radius 3 is 2.69 bits per heavy atom. The molecule has 0 radical (unpaired) electrons. The van der Waals surface area contributed by atoms with E-state index < -0.39 is 0 Å². The SMILES string of the molecule is COC(C)(C)CCNc1ccc(F)cc1I. The Balaban J connectivity index is 2.49. The van der Waals surface area contributed by atoms with Crippen molar-refractivity contribution in [3.8, 4) is 0 Å². The van der Waals surface area contributed by atoms with Crippen LogP contribution < -0.4 is 5.32 Å². The van der Waals surface area contributed by atoms with Crippen LogP contribution in [0.25, 0.3) is 0 Å². The minimum atomic E-state index is -0.202. The molecule has 0 bridgehead atoms. The molecule has 0 saturated heterocycles. The number of halogens is 2. The molecule has 0 amide bonds. The summed E-state index contributed by atoms with van der Waals surface area (Å²) >= 11 is 2.12. The van der Waals surface area contributed by atoms with Crippen molar-refractivity contribution < 1.29 is 9.13 Å². The summed E-state index contributed by atoms with van der Waals surface area (Å²) < 4.78 is 19.1. The van der Waals surface area contributed by atoms with Gasteiger partial charge < -0.3 is 10.1 Å². The van der Waals surface area contributed by atoms with Gasteiger partial charge in [-0.1, -0.05) is 0 Å². The minimum absolute atomic E-state index is 0.127. The molecule has 2 nitrogen and oxygen atoms in total. The van der Waals surface area contributed by atoms with Crippen LogP contribution in [0.3, 0.4) is 0 Å². The topological polar surface area (TPSA) is 21.3 Å². The molecule has 1 aromatic rings. The fourth-order valence-corrected chi connectivity index (χ4v) is 1.90. The Hall–Kier alpha value is -0.360. The van der Waals surface area contributed by atoms with E-state index in [0.29, 0.717) is 0 Å². The predicted molar refractivity (Wildman–Crippen MR) is 73.3 cm³/mol. The third-order valence-corrected chi connectivity index (χ3v) is 3.42. The molecule has 0 heterocycles. The average molecular weight is 337 g/mol. The lowest BCUT2D eigenvalue weighted by atomic mass is 10.1. The van der Waals surface area contributed by atoms with Gasteiger partial charge in [0.15, 0.2) is 0 Å². The van der Waals surface area contributed by atoms with Gasteiger partial charge in [-0.2, -0.15) is 0 Å². The highest BCUT2D eigenvalue weighted by atomic mass is 127. The Kier molecular flexibility index (Phi) is 4.98. The second-order valence-corrected chi connectivity index (χ2v) is 5.43. The van der Waals surface area contributed by atoms with E-state index in [9.17, 15) is 4.39 Å². The maximum Gasteiger partial charge on any atom is 0.124 e. The molecule has 0 aromatic heterocycles. The predicted octanol–water partition coefficient (Wildman–Crippen LogP) is 3.66. The van der Waals surface area contributed by atoms with Crippen LogP contribution >= 0.6 is 22.6 Å². The van der Waals surface area contributed by atoms with Crippen molar-refractivity contribution >= 4 is 28.3 Å². The summed E-state index contributed by atoms with van der Waals surface area (Å²) in [5.41, 5.74) is 0.840. The molecule has 16 heavy (non-hydrogen) atoms. The van der Waals surface area contributed by atoms with Crippen LogP contribution in [0.15, 0.2) is 18.2 Å². The first kappa shape index (κ1) is 13.7. The average Bonchev–Trinajstić information content (AvgIpc) is 2.21. The van der Waals surface area contributed by atoms with Crippen LogP contribution in [0.2, 0.25) is 0 Å². The molecule has 4 heteroatoms. The number of nitrogens with one attached hydrogen (secondary N) is 1. The fourth-order valence-electron chi connectivity index (χ4n) is 1.23. The molecular weight excluding hydrogens is 320 g/mol. The van der Waals surface area contributed by atoms with E-state index >= 15 is 0 Å². The summed E-state index contributed by atoms with van der Waals surface area (Å²) in [5.74, 6) is -0.202. The van der Waals surface area contributed by atoms with Crippen LogP contribution in [0, 0.1) is 9.39 Å². The van der Waals surface area contributed by atoms with Crippen molar-refractivity contribution in [1.29, 1.82) is 0 Å². The third-order valence-electron chi connectivity index (χ3n) is 2.53. The van der Waals surface area contributed by atoms with Crippen molar-refractivity contribution in [2.75, 3.05) is 19.0 Å². The van der Waals surface area contributed by atoms with Crippen molar-refractivity contribution in [3.63, 3.8) is 0 Å². The van der Waals surface area contributed by atoms with Crippen molar-refractivity contribution in [2.24, 2.45) is 0 Å². The zero-order valence-electron chi connectivity index (χ0n) is 9.81. The van der Waals surface area contributed by atoms with Gasteiger partial charge in [-0.25, -0.2) is 4.39 Å². The van der Waals surface area contributed by atoms with Crippen LogP contribution in [0.1, 0.15) is 20.3 Å². The van der Waals surface area contributed by atoms with Crippen LogP contribution in [0.5, 0.6) is 0 Å². The number of rotatable bonds is 5. The van der Waals surface area contributed by atoms with Crippen molar-refractivity contribution in [1.82, 2.24) is 0 Å². The molecule has 0 fully saturated rings. The van der Waals surface area contributed by atoms with Gasteiger partial charge in [0, 0.05) is 22.9 Å². The number of anilines is 1. The quantitative estimate of drug-likeness (QED) is 0.828. The monoisotopic (exact) mass is 337 g/mol. The Morgan fingerprint density at radius 1 is 1.44 bits per heavy atom. The first-order chi connectivity index (χ1) is 7.44. The fraction of sp³-hybridized carbons (Fsp3) is 0.500. The van der Waals surface area contributed by atoms with Gasteiger partial charge in [-0.05, 0) is 61.1 Å². The second kappa shape index (κ2) is 5.82. The van der Waals surface area contributed by atoms with Gasteiger partial charge in [0.2, 0.25) is 0 Å². The molecule has 90 valence electrons. The number of hydrogen-bond acceptors (Lipinski definition) is 2. The van der Waals surface area contributed by atoms with Gasteiger partial charge in [-0.15, -0.1) is 0 Å². The lowest BCUT2D eigenvalue weighted by Crippen LogP contribution is -2.25. The highest BCUT2D eigenvalue weighted by Crippen LogP contribution is 2.20. The molecule has 1 aromatic carbocycles. The smallest absolute Gasteiger partial charge is 0.124 e. The summed E-state index contributed by atoms with van der Waals surface area (Å²) in [4.78, 5) is 0. The van der Waals surface area contributed by atoms with Crippen LogP contribution in [0.4, 0.5) is 10.1 Å². The zero-order chi connectivity index (χ0) is 12.2. The van der Waals surface area contributed by atoms with E-state index in [0.717, 1.165) is 22.2 Å². The molecular formula is C12H17FINO. The normalized spacial score (nSPS) is 11.6. The lowest BCUT2D eigenvalue weighted by Gasteiger charge is -2.23. The van der Waals surface area contributed by atoms with Gasteiger partial charge in [0.05, 0.1) is 5.60 Å². The van der Waals surface area contributed by atoms with E-state index in [1.54, 1.807) is 13.2 Å². The van der Waals surface area contributed by atoms with Gasteiger partial charge in [-0.3, -0.25) is 0 Å². The Bertz CT molecular complexity index is 355. The standard InChI is InChI=1S/C12H17FINO/c1-12(2,16-3)6-7-15-11-5-4-9(13)8-10(11)14/h4-5,8,15H,6-7H2,1-3H3. The highest BCUT2D eigenvalue weighted by molar-refractivity contribution is 14.1. The van der Waals surface area contributed by atoms with Gasteiger partial charge in [0.25, 0.3) is 0 Å². The molecule has 0 aliphatic rings. The van der Waals surface area contributed by atoms with Gasteiger partial charge in [0.1, 0.15) is 5.82 Å². The second-order valence-electron chi connectivity index (χ2n) is 4.26. The summed E-state index contributed by atoms with van der Waals surface area (Å²) in [6.07, 6.45) is 0.900. The molecule has 1 N–H and O–H groups in total. The van der Waals surface area contributed by atoms with E-state index in [-0.39, 0.29) is 11.4 Å². The molecule has 0 atom stereocenters. The minimum Gasteiger partial charge on any atom is -0.384 e. The summed E-state index contributed by atoms with van der Waals surface area (Å²) in [7, 11) is 1.71. The van der Waals surface area contributed by atoms with E-state index in [2.05, 4.69) is 27.9 Å². The molecule has 0 unspecified atom stereocenters. The number of benzene rings is 1. The highest BCUT2D eigenvalue weighted by Gasteiger charge is 2.15. The zero-order valence-corrected chi connectivity index (χ0v) is 12.0. The summed E-state index contributed by atoms with van der Waals surface area (Å²) in [6.45, 7) is 4.90. The maximum absolute atomic E-state index is 12.9. The Morgan fingerprint density at radius 2 is 2.12 bits per heavy atom. The number of ether oxygens (including phenoxy) is 1. The molecule has 0 aliphatic heterocycles. The molecule has 0 saturated carbocycles. The number of hydrogen-bond donors (Lipinski definition) is 1.